The summed E-state index contributed by atoms with van der Waals surface area (Å²) >= 11 is 0. The SMILES string of the molecule is C[C@@H](N)c1ccc(F)cc1OCC1(O)CCCCC1. The molecule has 0 radical (unpaired) electrons. The van der Waals surface area contributed by atoms with E-state index in [2.05, 4.69) is 0 Å². The quantitative estimate of drug-likeness (QED) is 0.882. The lowest BCUT2D eigenvalue weighted by Crippen LogP contribution is -2.38. The molecule has 4 heteroatoms. The first kappa shape index (κ1) is 14.3. The Balaban J connectivity index is 2.07. The van der Waals surface area contributed by atoms with Gasteiger partial charge in [0.1, 0.15) is 18.2 Å². The van der Waals surface area contributed by atoms with Gasteiger partial charge in [-0.1, -0.05) is 25.3 Å². The van der Waals surface area contributed by atoms with Crippen LogP contribution >= 0.6 is 0 Å². The Morgan fingerprint density at radius 1 is 1.37 bits per heavy atom. The average Bonchev–Trinajstić information content (AvgIpc) is 2.37. The molecule has 1 aliphatic rings. The zero-order valence-electron chi connectivity index (χ0n) is 11.4. The first-order valence-electron chi connectivity index (χ1n) is 6.90. The van der Waals surface area contributed by atoms with Gasteiger partial charge in [-0.3, -0.25) is 0 Å². The first-order valence-corrected chi connectivity index (χ1v) is 6.90. The van der Waals surface area contributed by atoms with Crippen molar-refractivity contribution in [3.05, 3.63) is 29.6 Å². The maximum absolute atomic E-state index is 13.3. The summed E-state index contributed by atoms with van der Waals surface area (Å²) in [5.74, 6) is 0.0871. The van der Waals surface area contributed by atoms with E-state index in [-0.39, 0.29) is 18.5 Å². The molecule has 0 unspecified atom stereocenters. The Kier molecular flexibility index (Phi) is 4.42. The maximum Gasteiger partial charge on any atom is 0.127 e. The van der Waals surface area contributed by atoms with Crippen molar-refractivity contribution in [2.24, 2.45) is 5.73 Å². The van der Waals surface area contributed by atoms with E-state index >= 15 is 0 Å². The molecule has 0 aliphatic heterocycles. The first-order chi connectivity index (χ1) is 9.00. The molecule has 0 heterocycles. The standard InChI is InChI=1S/C15H22FNO2/c1-11(17)13-6-5-12(16)9-14(13)19-10-15(18)7-3-2-4-8-15/h5-6,9,11,18H,2-4,7-8,10,17H2,1H3/t11-/m1/s1. The molecule has 19 heavy (non-hydrogen) atoms. The van der Waals surface area contributed by atoms with Gasteiger partial charge in [-0.25, -0.2) is 4.39 Å². The molecule has 0 bridgehead atoms. The van der Waals surface area contributed by atoms with Gasteiger partial charge in [0.2, 0.25) is 0 Å². The van der Waals surface area contributed by atoms with Gasteiger partial charge >= 0.3 is 0 Å². The molecule has 0 saturated heterocycles. The van der Waals surface area contributed by atoms with Crippen molar-refractivity contribution in [3.63, 3.8) is 0 Å². The molecule has 1 aromatic rings. The Bertz CT molecular complexity index is 428. The smallest absolute Gasteiger partial charge is 0.127 e. The van der Waals surface area contributed by atoms with Crippen LogP contribution < -0.4 is 10.5 Å². The minimum absolute atomic E-state index is 0.205. The highest BCUT2D eigenvalue weighted by molar-refractivity contribution is 5.36. The molecule has 0 amide bonds. The number of benzene rings is 1. The van der Waals surface area contributed by atoms with Crippen LogP contribution in [0.5, 0.6) is 5.75 Å². The number of halogens is 1. The number of nitrogens with two attached hydrogens (primary N) is 1. The molecule has 106 valence electrons. The summed E-state index contributed by atoms with van der Waals surface area (Å²) < 4.78 is 18.9. The Labute approximate surface area is 113 Å². The molecule has 1 fully saturated rings. The molecular weight excluding hydrogens is 245 g/mol. The van der Waals surface area contributed by atoms with E-state index in [4.69, 9.17) is 10.5 Å². The third kappa shape index (κ3) is 3.67. The van der Waals surface area contributed by atoms with Crippen LogP contribution in [0, 0.1) is 5.82 Å². The van der Waals surface area contributed by atoms with Crippen LogP contribution in [0.1, 0.15) is 50.6 Å². The zero-order valence-corrected chi connectivity index (χ0v) is 11.4. The van der Waals surface area contributed by atoms with Crippen LogP contribution in [0.4, 0.5) is 4.39 Å². The molecule has 2 rings (SSSR count). The predicted molar refractivity (Wildman–Crippen MR) is 72.5 cm³/mol. The summed E-state index contributed by atoms with van der Waals surface area (Å²) in [5.41, 5.74) is 5.83. The lowest BCUT2D eigenvalue weighted by molar-refractivity contribution is -0.0342. The number of aliphatic hydroxyl groups is 1. The van der Waals surface area contributed by atoms with Gasteiger partial charge in [0, 0.05) is 17.7 Å². The van der Waals surface area contributed by atoms with Crippen LogP contribution in [0.2, 0.25) is 0 Å². The minimum Gasteiger partial charge on any atom is -0.490 e. The van der Waals surface area contributed by atoms with E-state index in [1.54, 1.807) is 6.07 Å². The molecule has 1 aliphatic carbocycles. The van der Waals surface area contributed by atoms with E-state index in [0.29, 0.717) is 5.75 Å². The molecule has 3 N–H and O–H groups in total. The molecule has 1 aromatic carbocycles. The zero-order chi connectivity index (χ0) is 13.9. The van der Waals surface area contributed by atoms with E-state index in [9.17, 15) is 9.50 Å². The van der Waals surface area contributed by atoms with Gasteiger partial charge in [0.15, 0.2) is 0 Å². The van der Waals surface area contributed by atoms with Crippen molar-refractivity contribution in [2.75, 3.05) is 6.61 Å². The second kappa shape index (κ2) is 5.88. The lowest BCUT2D eigenvalue weighted by Gasteiger charge is -2.32. The van der Waals surface area contributed by atoms with Crippen molar-refractivity contribution >= 4 is 0 Å². The van der Waals surface area contributed by atoms with Crippen molar-refractivity contribution in [1.29, 1.82) is 0 Å². The third-order valence-electron chi connectivity index (χ3n) is 3.75. The normalized spacial score (nSPS) is 20.0. The van der Waals surface area contributed by atoms with Gasteiger partial charge in [-0.2, -0.15) is 0 Å². The largest absolute Gasteiger partial charge is 0.490 e. The number of rotatable bonds is 4. The summed E-state index contributed by atoms with van der Waals surface area (Å²) in [4.78, 5) is 0. The van der Waals surface area contributed by atoms with Gasteiger partial charge in [0.05, 0.1) is 5.60 Å². The number of hydrogen-bond donors (Lipinski definition) is 2. The van der Waals surface area contributed by atoms with E-state index in [1.807, 2.05) is 6.92 Å². The van der Waals surface area contributed by atoms with Crippen molar-refractivity contribution < 1.29 is 14.2 Å². The van der Waals surface area contributed by atoms with Crippen LogP contribution in [0.25, 0.3) is 0 Å². The summed E-state index contributed by atoms with van der Waals surface area (Å²) in [6.45, 7) is 2.03. The van der Waals surface area contributed by atoms with Crippen LogP contribution in [-0.4, -0.2) is 17.3 Å². The van der Waals surface area contributed by atoms with E-state index in [0.717, 1.165) is 37.7 Å². The van der Waals surface area contributed by atoms with Gasteiger partial charge in [0.25, 0.3) is 0 Å². The highest BCUT2D eigenvalue weighted by atomic mass is 19.1. The molecule has 3 nitrogen and oxygen atoms in total. The Hall–Kier alpha value is -1.13. The predicted octanol–water partition coefficient (Wildman–Crippen LogP) is 2.92. The summed E-state index contributed by atoms with van der Waals surface area (Å²) in [6, 6.07) is 4.13. The van der Waals surface area contributed by atoms with Gasteiger partial charge in [-0.15, -0.1) is 0 Å². The summed E-state index contributed by atoms with van der Waals surface area (Å²) in [5, 5.41) is 10.4. The second-order valence-corrected chi connectivity index (χ2v) is 5.54. The summed E-state index contributed by atoms with van der Waals surface area (Å²) in [6.07, 6.45) is 4.69. The second-order valence-electron chi connectivity index (χ2n) is 5.54. The fourth-order valence-corrected chi connectivity index (χ4v) is 2.58. The molecule has 1 saturated carbocycles. The fraction of sp³-hybridized carbons (Fsp3) is 0.600. The molecule has 0 aromatic heterocycles. The van der Waals surface area contributed by atoms with Crippen molar-refractivity contribution in [3.8, 4) is 5.75 Å². The van der Waals surface area contributed by atoms with E-state index < -0.39 is 5.60 Å². The number of hydrogen-bond acceptors (Lipinski definition) is 3. The number of ether oxygens (including phenoxy) is 1. The van der Waals surface area contributed by atoms with Crippen LogP contribution in [0.15, 0.2) is 18.2 Å². The minimum atomic E-state index is -0.778. The van der Waals surface area contributed by atoms with Crippen molar-refractivity contribution in [2.45, 2.75) is 50.7 Å². The van der Waals surface area contributed by atoms with Gasteiger partial charge in [-0.05, 0) is 25.8 Å². The average molecular weight is 267 g/mol. The fourth-order valence-electron chi connectivity index (χ4n) is 2.58. The monoisotopic (exact) mass is 267 g/mol. The van der Waals surface area contributed by atoms with E-state index in [1.165, 1.54) is 12.1 Å². The van der Waals surface area contributed by atoms with Gasteiger partial charge < -0.3 is 15.6 Å². The third-order valence-corrected chi connectivity index (χ3v) is 3.75. The van der Waals surface area contributed by atoms with Crippen LogP contribution in [-0.2, 0) is 0 Å². The Morgan fingerprint density at radius 2 is 2.05 bits per heavy atom. The molecular formula is C15H22FNO2. The van der Waals surface area contributed by atoms with Crippen molar-refractivity contribution in [1.82, 2.24) is 0 Å². The topological polar surface area (TPSA) is 55.5 Å². The van der Waals surface area contributed by atoms with Crippen LogP contribution in [0.3, 0.4) is 0 Å². The molecule has 0 spiro atoms. The Morgan fingerprint density at radius 3 is 2.68 bits per heavy atom. The highest BCUT2D eigenvalue weighted by Crippen LogP contribution is 2.31. The maximum atomic E-state index is 13.3. The molecule has 1 atom stereocenters. The lowest BCUT2D eigenvalue weighted by atomic mass is 9.85. The summed E-state index contributed by atoms with van der Waals surface area (Å²) in [7, 11) is 0. The highest BCUT2D eigenvalue weighted by Gasteiger charge is 2.30.